The second-order valence-electron chi connectivity index (χ2n) is 6.89. The van der Waals surface area contributed by atoms with Crippen LogP contribution in [0, 0.1) is 0 Å². The van der Waals surface area contributed by atoms with Crippen molar-refractivity contribution in [1.82, 2.24) is 10.3 Å². The predicted octanol–water partition coefficient (Wildman–Crippen LogP) is 3.53. The van der Waals surface area contributed by atoms with Crippen LogP contribution in [0.25, 0.3) is 0 Å². The van der Waals surface area contributed by atoms with Gasteiger partial charge in [0.1, 0.15) is 0 Å². The van der Waals surface area contributed by atoms with Crippen molar-refractivity contribution in [3.05, 3.63) is 95.6 Å². The number of rotatable bonds is 6. The number of ether oxygens (including phenoxy) is 2. The zero-order valence-corrected chi connectivity index (χ0v) is 17.1. The van der Waals surface area contributed by atoms with Crippen LogP contribution < -0.4 is 14.8 Å². The Balaban J connectivity index is 1.72. The first kappa shape index (κ1) is 20.2. The number of imide groups is 1. The summed E-state index contributed by atoms with van der Waals surface area (Å²) in [6.45, 7) is 0. The van der Waals surface area contributed by atoms with Gasteiger partial charge in [0, 0.05) is 0 Å². The smallest absolute Gasteiger partial charge is 0.346 e. The maximum absolute atomic E-state index is 13.6. The Hall–Kier alpha value is -4.13. The van der Waals surface area contributed by atoms with Crippen LogP contribution >= 0.6 is 0 Å². The van der Waals surface area contributed by atoms with Crippen molar-refractivity contribution in [2.45, 2.75) is 5.54 Å². The van der Waals surface area contributed by atoms with Crippen molar-refractivity contribution in [2.24, 2.45) is 5.10 Å². The molecule has 0 saturated carbocycles. The molecule has 0 aliphatic carbocycles. The van der Waals surface area contributed by atoms with E-state index < -0.39 is 17.5 Å². The lowest BCUT2D eigenvalue weighted by Crippen LogP contribution is -2.44. The molecule has 0 spiro atoms. The minimum absolute atomic E-state index is 0.480. The maximum Gasteiger partial charge on any atom is 0.346 e. The van der Waals surface area contributed by atoms with Gasteiger partial charge in [0.15, 0.2) is 17.0 Å². The van der Waals surface area contributed by atoms with E-state index in [4.69, 9.17) is 9.47 Å². The van der Waals surface area contributed by atoms with Crippen LogP contribution in [0.1, 0.15) is 16.7 Å². The van der Waals surface area contributed by atoms with E-state index in [2.05, 4.69) is 10.4 Å². The van der Waals surface area contributed by atoms with Crippen molar-refractivity contribution >= 4 is 18.2 Å². The molecule has 1 aliphatic rings. The second kappa shape index (κ2) is 8.31. The largest absolute Gasteiger partial charge is 0.493 e. The highest BCUT2D eigenvalue weighted by Crippen LogP contribution is 2.36. The number of amides is 3. The van der Waals surface area contributed by atoms with E-state index in [1.165, 1.54) is 13.3 Å². The monoisotopic (exact) mass is 415 g/mol. The van der Waals surface area contributed by atoms with E-state index in [9.17, 15) is 9.59 Å². The molecule has 3 aromatic rings. The third kappa shape index (κ3) is 3.50. The third-order valence-corrected chi connectivity index (χ3v) is 5.14. The zero-order chi connectivity index (χ0) is 21.8. The summed E-state index contributed by atoms with van der Waals surface area (Å²) in [6.07, 6.45) is 1.44. The first-order chi connectivity index (χ1) is 15.1. The normalized spacial score (nSPS) is 15.2. The molecule has 7 heteroatoms. The number of carbonyl (C=O) groups excluding carboxylic acids is 2. The Morgan fingerprint density at radius 2 is 1.42 bits per heavy atom. The van der Waals surface area contributed by atoms with E-state index in [0.29, 0.717) is 28.2 Å². The van der Waals surface area contributed by atoms with Crippen molar-refractivity contribution < 1.29 is 19.1 Å². The Morgan fingerprint density at radius 1 is 0.839 bits per heavy atom. The lowest BCUT2D eigenvalue weighted by Gasteiger charge is -2.27. The molecule has 7 nitrogen and oxygen atoms in total. The van der Waals surface area contributed by atoms with Crippen LogP contribution in [0.5, 0.6) is 11.5 Å². The lowest BCUT2D eigenvalue weighted by molar-refractivity contribution is -0.130. The SMILES string of the molecule is COc1ccc(/C=N\N2C(=O)NC(c3ccccc3)(c3ccccc3)C2=O)cc1OC. The molecule has 0 bridgehead atoms. The average Bonchev–Trinajstić information content (AvgIpc) is 3.09. The highest BCUT2D eigenvalue weighted by atomic mass is 16.5. The van der Waals surface area contributed by atoms with E-state index in [-0.39, 0.29) is 0 Å². The van der Waals surface area contributed by atoms with Crippen LogP contribution in [0.15, 0.2) is 84.0 Å². The quantitative estimate of drug-likeness (QED) is 0.493. The number of hydrogen-bond acceptors (Lipinski definition) is 5. The van der Waals surface area contributed by atoms with E-state index in [1.807, 2.05) is 60.7 Å². The van der Waals surface area contributed by atoms with Crippen molar-refractivity contribution in [1.29, 1.82) is 0 Å². The molecule has 0 unspecified atom stereocenters. The van der Waals surface area contributed by atoms with Crippen molar-refractivity contribution in [3.63, 3.8) is 0 Å². The molecule has 3 amide bonds. The minimum atomic E-state index is -1.35. The van der Waals surface area contributed by atoms with E-state index in [1.54, 1.807) is 25.3 Å². The molecule has 1 N–H and O–H groups in total. The van der Waals surface area contributed by atoms with Crippen LogP contribution in [0.4, 0.5) is 4.79 Å². The zero-order valence-electron chi connectivity index (χ0n) is 17.1. The minimum Gasteiger partial charge on any atom is -0.493 e. The highest BCUT2D eigenvalue weighted by molar-refractivity contribution is 6.09. The number of hydrogen-bond donors (Lipinski definition) is 1. The number of methoxy groups -OCH3 is 2. The van der Waals surface area contributed by atoms with Gasteiger partial charge in [-0.2, -0.15) is 5.10 Å². The molecule has 0 aromatic heterocycles. The van der Waals surface area contributed by atoms with Gasteiger partial charge in [-0.25, -0.2) is 4.79 Å². The first-order valence-electron chi connectivity index (χ1n) is 9.64. The summed E-state index contributed by atoms with van der Waals surface area (Å²) in [7, 11) is 3.08. The van der Waals surface area contributed by atoms with Gasteiger partial charge < -0.3 is 14.8 Å². The molecule has 156 valence electrons. The van der Waals surface area contributed by atoms with Gasteiger partial charge in [0.2, 0.25) is 0 Å². The van der Waals surface area contributed by atoms with E-state index >= 15 is 0 Å². The van der Waals surface area contributed by atoms with Crippen LogP contribution in [0.3, 0.4) is 0 Å². The number of urea groups is 1. The molecule has 1 heterocycles. The molecule has 3 aromatic carbocycles. The van der Waals surface area contributed by atoms with E-state index in [0.717, 1.165) is 5.01 Å². The average molecular weight is 415 g/mol. The summed E-state index contributed by atoms with van der Waals surface area (Å²) in [6, 6.07) is 22.9. The summed E-state index contributed by atoms with van der Waals surface area (Å²) in [5, 5.41) is 7.90. The summed E-state index contributed by atoms with van der Waals surface area (Å²) >= 11 is 0. The molecule has 1 fully saturated rings. The molecular weight excluding hydrogens is 394 g/mol. The maximum atomic E-state index is 13.6. The Morgan fingerprint density at radius 3 is 1.97 bits per heavy atom. The van der Waals surface area contributed by atoms with Gasteiger partial charge in [-0.1, -0.05) is 60.7 Å². The molecule has 31 heavy (non-hydrogen) atoms. The highest BCUT2D eigenvalue weighted by Gasteiger charge is 2.54. The summed E-state index contributed by atoms with van der Waals surface area (Å²) < 4.78 is 10.5. The van der Waals surface area contributed by atoms with Gasteiger partial charge in [0.05, 0.1) is 20.4 Å². The summed E-state index contributed by atoms with van der Waals surface area (Å²) in [5.74, 6) is 0.611. The number of nitrogens with zero attached hydrogens (tertiary/aromatic N) is 2. The van der Waals surface area contributed by atoms with Crippen molar-refractivity contribution in [3.8, 4) is 11.5 Å². The Bertz CT molecular complexity index is 1090. The second-order valence-corrected chi connectivity index (χ2v) is 6.89. The fraction of sp³-hybridized carbons (Fsp3) is 0.125. The van der Waals surface area contributed by atoms with Crippen LogP contribution in [-0.4, -0.2) is 37.4 Å². The van der Waals surface area contributed by atoms with Crippen LogP contribution in [0.2, 0.25) is 0 Å². The fourth-order valence-electron chi connectivity index (χ4n) is 3.61. The van der Waals surface area contributed by atoms with Gasteiger partial charge in [-0.15, -0.1) is 5.01 Å². The van der Waals surface area contributed by atoms with Gasteiger partial charge in [0.25, 0.3) is 5.91 Å². The van der Waals surface area contributed by atoms with Crippen molar-refractivity contribution in [2.75, 3.05) is 14.2 Å². The lowest BCUT2D eigenvalue weighted by atomic mass is 9.83. The molecular formula is C24H21N3O4. The Labute approximate surface area is 179 Å². The molecule has 1 aliphatic heterocycles. The van der Waals surface area contributed by atoms with Gasteiger partial charge in [-0.3, -0.25) is 4.79 Å². The Kier molecular flexibility index (Phi) is 5.41. The fourth-order valence-corrected chi connectivity index (χ4v) is 3.61. The molecule has 1 saturated heterocycles. The molecule has 4 rings (SSSR count). The van der Waals surface area contributed by atoms with Gasteiger partial charge >= 0.3 is 6.03 Å². The molecule has 0 radical (unpaired) electrons. The van der Waals surface area contributed by atoms with Gasteiger partial charge in [-0.05, 0) is 34.9 Å². The number of nitrogens with one attached hydrogen (secondary N) is 1. The standard InChI is InChI=1S/C24H21N3O4/c1-30-20-14-13-17(15-21(20)31-2)16-25-27-22(28)24(26-23(27)29,18-9-5-3-6-10-18)19-11-7-4-8-12-19/h3-16H,1-2H3,(H,26,29)/b25-16-. The summed E-state index contributed by atoms with van der Waals surface area (Å²) in [5.41, 5.74) is 0.607. The summed E-state index contributed by atoms with van der Waals surface area (Å²) in [4.78, 5) is 26.4. The number of benzene rings is 3. The molecule has 0 atom stereocenters. The number of hydrazone groups is 1. The first-order valence-corrected chi connectivity index (χ1v) is 9.64. The third-order valence-electron chi connectivity index (χ3n) is 5.14. The number of carbonyl (C=O) groups is 2. The topological polar surface area (TPSA) is 80.2 Å². The van der Waals surface area contributed by atoms with Crippen LogP contribution in [-0.2, 0) is 10.3 Å². The predicted molar refractivity (Wildman–Crippen MR) is 116 cm³/mol.